The summed E-state index contributed by atoms with van der Waals surface area (Å²) in [5.74, 6) is 1.54. The summed E-state index contributed by atoms with van der Waals surface area (Å²) in [7, 11) is 3.84. The van der Waals surface area contributed by atoms with Crippen molar-refractivity contribution in [2.24, 2.45) is 0 Å². The Labute approximate surface area is 151 Å². The zero-order valence-corrected chi connectivity index (χ0v) is 15.3. The van der Waals surface area contributed by atoms with Crippen LogP contribution in [-0.4, -0.2) is 70.8 Å². The lowest BCUT2D eigenvalue weighted by Crippen LogP contribution is -2.50. The summed E-state index contributed by atoms with van der Waals surface area (Å²) in [4.78, 5) is 34.2. The predicted octanol–water partition coefficient (Wildman–Crippen LogP) is -0.243. The third kappa shape index (κ3) is 3.98. The average molecular weight is 357 g/mol. The molecule has 0 bridgehead atoms. The van der Waals surface area contributed by atoms with Crippen LogP contribution in [0.5, 0.6) is 0 Å². The number of hydrogen-bond donors (Lipinski definition) is 0. The Balaban J connectivity index is 1.57. The molecule has 1 fully saturated rings. The molecule has 0 aromatic carbocycles. The average Bonchev–Trinajstić information content (AvgIpc) is 2.64. The molecule has 9 nitrogen and oxygen atoms in total. The summed E-state index contributed by atoms with van der Waals surface area (Å²) in [5.41, 5.74) is 0.439. The molecular weight excluding hydrogens is 334 g/mol. The minimum absolute atomic E-state index is 0.0173. The molecule has 0 unspecified atom stereocenters. The van der Waals surface area contributed by atoms with E-state index in [1.165, 1.54) is 17.0 Å². The lowest BCUT2D eigenvalue weighted by Gasteiger charge is -2.35. The van der Waals surface area contributed by atoms with E-state index in [4.69, 9.17) is 0 Å². The van der Waals surface area contributed by atoms with E-state index >= 15 is 0 Å². The van der Waals surface area contributed by atoms with Crippen LogP contribution in [0.3, 0.4) is 0 Å². The van der Waals surface area contributed by atoms with Gasteiger partial charge >= 0.3 is 0 Å². The summed E-state index contributed by atoms with van der Waals surface area (Å²) in [6, 6.07) is 5.30. The molecule has 1 aliphatic rings. The highest BCUT2D eigenvalue weighted by Gasteiger charge is 2.22. The number of amides is 1. The molecule has 3 heterocycles. The maximum Gasteiger partial charge on any atom is 0.253 e. The van der Waals surface area contributed by atoms with Crippen molar-refractivity contribution in [3.05, 3.63) is 40.6 Å². The second kappa shape index (κ2) is 7.51. The van der Waals surface area contributed by atoms with E-state index in [1.54, 1.807) is 11.8 Å². The molecule has 26 heavy (non-hydrogen) atoms. The highest BCUT2D eigenvalue weighted by molar-refractivity contribution is 5.76. The molecule has 2 aromatic heterocycles. The zero-order chi connectivity index (χ0) is 18.7. The maximum atomic E-state index is 12.5. The second-order valence-corrected chi connectivity index (χ2v) is 6.51. The molecule has 9 heteroatoms. The number of aromatic nitrogens is 4. The molecule has 0 aliphatic carbocycles. The number of hydrogen-bond acceptors (Lipinski definition) is 7. The van der Waals surface area contributed by atoms with Gasteiger partial charge in [0.1, 0.15) is 6.54 Å². The Morgan fingerprint density at radius 1 is 1.15 bits per heavy atom. The lowest BCUT2D eigenvalue weighted by molar-refractivity contribution is -0.132. The Kier molecular flexibility index (Phi) is 5.15. The largest absolute Gasteiger partial charge is 0.361 e. The van der Waals surface area contributed by atoms with Crippen LogP contribution in [0.2, 0.25) is 0 Å². The predicted molar refractivity (Wildman–Crippen MR) is 98.4 cm³/mol. The summed E-state index contributed by atoms with van der Waals surface area (Å²) in [6.45, 7) is 4.31. The molecule has 2 aromatic rings. The summed E-state index contributed by atoms with van der Waals surface area (Å²) in [5, 5.41) is 8.45. The molecule has 0 N–H and O–H groups in total. The topological polar surface area (TPSA) is 87.5 Å². The number of rotatable bonds is 4. The van der Waals surface area contributed by atoms with Crippen LogP contribution in [0.25, 0.3) is 0 Å². The zero-order valence-electron chi connectivity index (χ0n) is 15.3. The van der Waals surface area contributed by atoms with E-state index in [0.29, 0.717) is 31.9 Å². The van der Waals surface area contributed by atoms with E-state index in [0.717, 1.165) is 11.6 Å². The smallest absolute Gasteiger partial charge is 0.253 e. The van der Waals surface area contributed by atoms with Gasteiger partial charge in [-0.05, 0) is 19.1 Å². The molecule has 0 spiro atoms. The van der Waals surface area contributed by atoms with Crippen molar-refractivity contribution >= 4 is 17.5 Å². The van der Waals surface area contributed by atoms with Crippen LogP contribution in [0.1, 0.15) is 5.69 Å². The van der Waals surface area contributed by atoms with Crippen molar-refractivity contribution < 1.29 is 4.79 Å². The molecule has 1 aliphatic heterocycles. The molecule has 1 amide bonds. The van der Waals surface area contributed by atoms with Gasteiger partial charge in [0.15, 0.2) is 11.6 Å². The number of carbonyl (C=O) groups excluding carboxylic acids is 1. The monoisotopic (exact) mass is 357 g/mol. The number of anilines is 2. The van der Waals surface area contributed by atoms with Crippen LogP contribution >= 0.6 is 0 Å². The van der Waals surface area contributed by atoms with Gasteiger partial charge in [-0.3, -0.25) is 14.2 Å². The SMILES string of the molecule is Cc1cc(=O)n(CC(=O)N2CCN(c3ccc(N(C)C)nn3)CC2)cn1. The molecule has 0 atom stereocenters. The van der Waals surface area contributed by atoms with Crippen molar-refractivity contribution in [3.63, 3.8) is 0 Å². The van der Waals surface area contributed by atoms with Gasteiger partial charge in [0.05, 0.1) is 6.33 Å². The highest BCUT2D eigenvalue weighted by Crippen LogP contribution is 2.15. The van der Waals surface area contributed by atoms with E-state index in [1.807, 2.05) is 31.1 Å². The van der Waals surface area contributed by atoms with Crippen LogP contribution in [-0.2, 0) is 11.3 Å². The standard InChI is InChI=1S/C17H23N7O2/c1-13-10-16(25)24(12-18-13)11-17(26)23-8-6-22(7-9-23)15-5-4-14(19-20-15)21(2)3/h4-5,10,12H,6-9,11H2,1-3H3. The number of piperazine rings is 1. The van der Waals surface area contributed by atoms with Gasteiger partial charge in [0.2, 0.25) is 5.91 Å². The lowest BCUT2D eigenvalue weighted by atomic mass is 10.3. The molecular formula is C17H23N7O2. The van der Waals surface area contributed by atoms with Crippen LogP contribution in [0, 0.1) is 6.92 Å². The van der Waals surface area contributed by atoms with Crippen LogP contribution in [0.4, 0.5) is 11.6 Å². The van der Waals surface area contributed by atoms with Crippen molar-refractivity contribution in [2.45, 2.75) is 13.5 Å². The van der Waals surface area contributed by atoms with Gasteiger partial charge in [-0.25, -0.2) is 4.98 Å². The van der Waals surface area contributed by atoms with Crippen molar-refractivity contribution in [1.29, 1.82) is 0 Å². The molecule has 0 radical (unpaired) electrons. The fourth-order valence-electron chi connectivity index (χ4n) is 2.79. The third-order valence-corrected chi connectivity index (χ3v) is 4.37. The van der Waals surface area contributed by atoms with Crippen molar-refractivity contribution in [3.8, 4) is 0 Å². The summed E-state index contributed by atoms with van der Waals surface area (Å²) >= 11 is 0. The van der Waals surface area contributed by atoms with Gasteiger partial charge in [-0.2, -0.15) is 0 Å². The van der Waals surface area contributed by atoms with E-state index in [2.05, 4.69) is 20.1 Å². The van der Waals surface area contributed by atoms with Crippen molar-refractivity contribution in [2.75, 3.05) is 50.1 Å². The Bertz CT molecular complexity index is 824. The first-order chi connectivity index (χ1) is 12.4. The third-order valence-electron chi connectivity index (χ3n) is 4.37. The number of aryl methyl sites for hydroxylation is 1. The van der Waals surface area contributed by atoms with E-state index < -0.39 is 0 Å². The summed E-state index contributed by atoms with van der Waals surface area (Å²) < 4.78 is 1.34. The Hall–Kier alpha value is -2.97. The molecule has 0 saturated carbocycles. The molecule has 1 saturated heterocycles. The van der Waals surface area contributed by atoms with Gasteiger partial charge in [0.25, 0.3) is 5.56 Å². The van der Waals surface area contributed by atoms with Crippen molar-refractivity contribution in [1.82, 2.24) is 24.6 Å². The van der Waals surface area contributed by atoms with Gasteiger partial charge < -0.3 is 14.7 Å². The van der Waals surface area contributed by atoms with Crippen LogP contribution in [0.15, 0.2) is 29.3 Å². The first-order valence-electron chi connectivity index (χ1n) is 8.51. The van der Waals surface area contributed by atoms with E-state index in [9.17, 15) is 9.59 Å². The first-order valence-corrected chi connectivity index (χ1v) is 8.51. The maximum absolute atomic E-state index is 12.5. The van der Waals surface area contributed by atoms with Gasteiger partial charge in [0, 0.05) is 52.0 Å². The minimum Gasteiger partial charge on any atom is -0.361 e. The van der Waals surface area contributed by atoms with Crippen LogP contribution < -0.4 is 15.4 Å². The molecule has 138 valence electrons. The first kappa shape index (κ1) is 17.8. The fourth-order valence-corrected chi connectivity index (χ4v) is 2.79. The summed E-state index contributed by atoms with van der Waals surface area (Å²) in [6.07, 6.45) is 1.42. The quantitative estimate of drug-likeness (QED) is 0.746. The van der Waals surface area contributed by atoms with Gasteiger partial charge in [-0.15, -0.1) is 10.2 Å². The number of nitrogens with zero attached hydrogens (tertiary/aromatic N) is 7. The van der Waals surface area contributed by atoms with Gasteiger partial charge in [-0.1, -0.05) is 0 Å². The Morgan fingerprint density at radius 3 is 2.46 bits per heavy atom. The second-order valence-electron chi connectivity index (χ2n) is 6.51. The van der Waals surface area contributed by atoms with E-state index in [-0.39, 0.29) is 18.0 Å². The number of carbonyl (C=O) groups is 1. The Morgan fingerprint density at radius 2 is 1.88 bits per heavy atom. The minimum atomic E-state index is -0.208. The molecule has 3 rings (SSSR count). The fraction of sp³-hybridized carbons (Fsp3) is 0.471. The highest BCUT2D eigenvalue weighted by atomic mass is 16.2. The normalized spacial score (nSPS) is 14.4.